The van der Waals surface area contributed by atoms with E-state index in [1.807, 2.05) is 13.0 Å². The van der Waals surface area contributed by atoms with Crippen LogP contribution in [0, 0.1) is 6.92 Å². The normalized spacial score (nSPS) is 10.2. The average Bonchev–Trinajstić information content (AvgIpc) is 2.52. The highest BCUT2D eigenvalue weighted by molar-refractivity contribution is 5.52. The Morgan fingerprint density at radius 1 is 1.31 bits per heavy atom. The highest BCUT2D eigenvalue weighted by Gasteiger charge is 2.05. The first kappa shape index (κ1) is 7.72. The van der Waals surface area contributed by atoms with E-state index in [1.54, 1.807) is 12.4 Å². The van der Waals surface area contributed by atoms with Crippen LogP contribution in [0.3, 0.4) is 0 Å². The Kier molecular flexibility index (Phi) is 1.70. The topological polar surface area (TPSA) is 77.8 Å². The van der Waals surface area contributed by atoms with Gasteiger partial charge < -0.3 is 10.2 Å². The number of nitrogen functional groups attached to an aromatic ring is 1. The molecule has 0 aliphatic heterocycles. The first-order valence-electron chi connectivity index (χ1n) is 3.77. The highest BCUT2D eigenvalue weighted by Crippen LogP contribution is 2.17. The Hall–Kier alpha value is -1.91. The van der Waals surface area contributed by atoms with Gasteiger partial charge in [-0.2, -0.15) is 0 Å². The number of hydrogen-bond acceptors (Lipinski definition) is 5. The van der Waals surface area contributed by atoms with Crippen LogP contribution in [0.4, 0.5) is 6.01 Å². The second kappa shape index (κ2) is 2.85. The van der Waals surface area contributed by atoms with Gasteiger partial charge in [-0.3, -0.25) is 4.98 Å². The molecule has 5 heteroatoms. The van der Waals surface area contributed by atoms with Crippen molar-refractivity contribution in [3.63, 3.8) is 0 Å². The molecule has 0 amide bonds. The monoisotopic (exact) mass is 176 g/mol. The first-order valence-corrected chi connectivity index (χ1v) is 3.77. The minimum atomic E-state index is 0.0662. The second-order valence-corrected chi connectivity index (χ2v) is 2.70. The molecular weight excluding hydrogens is 168 g/mol. The van der Waals surface area contributed by atoms with Crippen molar-refractivity contribution in [3.8, 4) is 11.5 Å². The molecule has 2 rings (SSSR count). The van der Waals surface area contributed by atoms with Gasteiger partial charge in [-0.25, -0.2) is 0 Å². The molecule has 0 radical (unpaired) electrons. The third kappa shape index (κ3) is 1.48. The standard InChI is InChI=1S/C8H8N4O/c1-5-2-6(4-10-3-5)7-11-12-8(9)13-7/h2-4H,1H3,(H2,9,12). The van der Waals surface area contributed by atoms with Gasteiger partial charge in [0.05, 0.1) is 5.56 Å². The lowest BCUT2D eigenvalue weighted by atomic mass is 10.2. The summed E-state index contributed by atoms with van der Waals surface area (Å²) in [7, 11) is 0. The second-order valence-electron chi connectivity index (χ2n) is 2.70. The molecule has 0 saturated heterocycles. The fraction of sp³-hybridized carbons (Fsp3) is 0.125. The van der Waals surface area contributed by atoms with Crippen molar-refractivity contribution in [2.24, 2.45) is 0 Å². The van der Waals surface area contributed by atoms with Gasteiger partial charge in [0, 0.05) is 12.4 Å². The van der Waals surface area contributed by atoms with Gasteiger partial charge in [-0.05, 0) is 18.6 Å². The van der Waals surface area contributed by atoms with Crippen LogP contribution < -0.4 is 5.73 Å². The summed E-state index contributed by atoms with van der Waals surface area (Å²) in [6.07, 6.45) is 3.41. The molecule has 66 valence electrons. The smallest absolute Gasteiger partial charge is 0.313 e. The molecule has 0 aliphatic rings. The average molecular weight is 176 g/mol. The van der Waals surface area contributed by atoms with E-state index < -0.39 is 0 Å². The van der Waals surface area contributed by atoms with E-state index in [4.69, 9.17) is 10.2 Å². The Labute approximate surface area is 74.6 Å². The largest absolute Gasteiger partial charge is 0.403 e. The van der Waals surface area contributed by atoms with E-state index in [2.05, 4.69) is 15.2 Å². The molecule has 0 fully saturated rings. The van der Waals surface area contributed by atoms with Crippen molar-refractivity contribution in [1.29, 1.82) is 0 Å². The van der Waals surface area contributed by atoms with E-state index in [0.717, 1.165) is 11.1 Å². The predicted molar refractivity (Wildman–Crippen MR) is 46.7 cm³/mol. The molecule has 2 N–H and O–H groups in total. The molecule has 0 aromatic carbocycles. The van der Waals surface area contributed by atoms with Crippen LogP contribution in [0.2, 0.25) is 0 Å². The van der Waals surface area contributed by atoms with Crippen molar-refractivity contribution in [1.82, 2.24) is 15.2 Å². The zero-order chi connectivity index (χ0) is 9.26. The molecule has 0 spiro atoms. The van der Waals surface area contributed by atoms with E-state index >= 15 is 0 Å². The van der Waals surface area contributed by atoms with Crippen LogP contribution in [0.5, 0.6) is 0 Å². The SMILES string of the molecule is Cc1cncc(-c2nnc(N)o2)c1. The molecule has 2 aromatic heterocycles. The minimum Gasteiger partial charge on any atom is -0.403 e. The summed E-state index contributed by atoms with van der Waals surface area (Å²) >= 11 is 0. The minimum absolute atomic E-state index is 0.0662. The summed E-state index contributed by atoms with van der Waals surface area (Å²) in [5, 5.41) is 7.30. The highest BCUT2D eigenvalue weighted by atomic mass is 16.4. The molecule has 5 nitrogen and oxygen atoms in total. The van der Waals surface area contributed by atoms with Crippen LogP contribution in [0.15, 0.2) is 22.9 Å². The number of nitrogens with zero attached hydrogens (tertiary/aromatic N) is 3. The lowest BCUT2D eigenvalue weighted by molar-refractivity contribution is 0.590. The van der Waals surface area contributed by atoms with Crippen molar-refractivity contribution in [2.45, 2.75) is 6.92 Å². The molecule has 0 saturated carbocycles. The number of nitrogens with two attached hydrogens (primary N) is 1. The van der Waals surface area contributed by atoms with Crippen molar-refractivity contribution < 1.29 is 4.42 Å². The maximum atomic E-state index is 5.29. The summed E-state index contributed by atoms with van der Waals surface area (Å²) in [6.45, 7) is 1.94. The number of aromatic nitrogens is 3. The maximum absolute atomic E-state index is 5.29. The predicted octanol–water partition coefficient (Wildman–Crippen LogP) is 1.02. The zero-order valence-corrected chi connectivity index (χ0v) is 7.06. The van der Waals surface area contributed by atoms with Gasteiger partial charge in [0.15, 0.2) is 0 Å². The van der Waals surface area contributed by atoms with Crippen molar-refractivity contribution in [2.75, 3.05) is 5.73 Å². The molecule has 2 aromatic rings. The van der Waals surface area contributed by atoms with Gasteiger partial charge in [0.25, 0.3) is 5.89 Å². The van der Waals surface area contributed by atoms with Crippen LogP contribution in [-0.2, 0) is 0 Å². The van der Waals surface area contributed by atoms with Gasteiger partial charge in [0.1, 0.15) is 0 Å². The molecule has 2 heterocycles. The Balaban J connectivity index is 2.46. The van der Waals surface area contributed by atoms with Crippen LogP contribution in [0.25, 0.3) is 11.5 Å². The van der Waals surface area contributed by atoms with E-state index in [9.17, 15) is 0 Å². The number of hydrogen-bond donors (Lipinski definition) is 1. The number of anilines is 1. The van der Waals surface area contributed by atoms with E-state index in [0.29, 0.717) is 5.89 Å². The van der Waals surface area contributed by atoms with Crippen LogP contribution in [0.1, 0.15) is 5.56 Å². The van der Waals surface area contributed by atoms with Gasteiger partial charge in [0.2, 0.25) is 0 Å². The lowest BCUT2D eigenvalue weighted by Gasteiger charge is -1.94. The summed E-state index contributed by atoms with van der Waals surface area (Å²) in [6, 6.07) is 1.97. The molecule has 0 aliphatic carbocycles. The maximum Gasteiger partial charge on any atom is 0.313 e. The van der Waals surface area contributed by atoms with E-state index in [-0.39, 0.29) is 6.01 Å². The van der Waals surface area contributed by atoms with E-state index in [1.165, 1.54) is 0 Å². The van der Waals surface area contributed by atoms with Crippen molar-refractivity contribution in [3.05, 3.63) is 24.0 Å². The fourth-order valence-corrected chi connectivity index (χ4v) is 1.02. The molecule has 13 heavy (non-hydrogen) atoms. The third-order valence-electron chi connectivity index (χ3n) is 1.56. The van der Waals surface area contributed by atoms with Crippen LogP contribution in [-0.4, -0.2) is 15.2 Å². The van der Waals surface area contributed by atoms with Gasteiger partial charge >= 0.3 is 6.01 Å². The summed E-state index contributed by atoms with van der Waals surface area (Å²) in [4.78, 5) is 4.00. The zero-order valence-electron chi connectivity index (χ0n) is 7.06. The number of rotatable bonds is 1. The summed E-state index contributed by atoms with van der Waals surface area (Å²) < 4.78 is 5.04. The summed E-state index contributed by atoms with van der Waals surface area (Å²) in [5.74, 6) is 0.397. The Morgan fingerprint density at radius 3 is 2.77 bits per heavy atom. The third-order valence-corrected chi connectivity index (χ3v) is 1.56. The first-order chi connectivity index (χ1) is 6.25. The van der Waals surface area contributed by atoms with Gasteiger partial charge in [-0.1, -0.05) is 5.10 Å². The quantitative estimate of drug-likeness (QED) is 0.701. The van der Waals surface area contributed by atoms with Gasteiger partial charge in [-0.15, -0.1) is 5.10 Å². The van der Waals surface area contributed by atoms with Crippen molar-refractivity contribution >= 4 is 6.01 Å². The fourth-order valence-electron chi connectivity index (χ4n) is 1.02. The molecule has 0 bridgehead atoms. The molecular formula is C8H8N4O. The lowest BCUT2D eigenvalue weighted by Crippen LogP contribution is -1.82. The Morgan fingerprint density at radius 2 is 2.15 bits per heavy atom. The molecule has 0 atom stereocenters. The Bertz CT molecular complexity index is 424. The van der Waals surface area contributed by atoms with Crippen LogP contribution >= 0.6 is 0 Å². The summed E-state index contributed by atoms with van der Waals surface area (Å²) in [5.41, 5.74) is 7.11. The number of aryl methyl sites for hydroxylation is 1. The molecule has 0 unspecified atom stereocenters. The number of pyridine rings is 1.